The molecule has 1 heterocycles. The van der Waals surface area contributed by atoms with Gasteiger partial charge in [0.15, 0.2) is 0 Å². The Morgan fingerprint density at radius 2 is 1.96 bits per heavy atom. The highest BCUT2D eigenvalue weighted by Crippen LogP contribution is 2.34. The normalized spacial score (nSPS) is 11.8. The summed E-state index contributed by atoms with van der Waals surface area (Å²) in [4.78, 5) is 4.06. The second-order valence-electron chi connectivity index (χ2n) is 4.94. The first-order chi connectivity index (χ1) is 11.0. The predicted molar refractivity (Wildman–Crippen MR) is 91.7 cm³/mol. The third kappa shape index (κ3) is 4.11. The van der Waals surface area contributed by atoms with Crippen LogP contribution in [0.1, 0.15) is 13.3 Å². The molecule has 0 radical (unpaired) electrons. The highest BCUT2D eigenvalue weighted by molar-refractivity contribution is 7.89. The Labute approximate surface area is 141 Å². The Morgan fingerprint density at radius 3 is 2.65 bits per heavy atom. The van der Waals surface area contributed by atoms with Crippen LogP contribution < -0.4 is 14.8 Å². The molecule has 1 aromatic heterocycles. The molecule has 23 heavy (non-hydrogen) atoms. The maximum Gasteiger partial charge on any atom is 0.244 e. The van der Waals surface area contributed by atoms with E-state index in [0.29, 0.717) is 23.9 Å². The van der Waals surface area contributed by atoms with Crippen LogP contribution in [0.4, 0.5) is 0 Å². The van der Waals surface area contributed by atoms with E-state index in [0.717, 1.165) is 13.0 Å². The summed E-state index contributed by atoms with van der Waals surface area (Å²) in [5, 5.41) is 4.45. The van der Waals surface area contributed by atoms with Crippen LogP contribution >= 0.6 is 11.6 Å². The van der Waals surface area contributed by atoms with Crippen molar-refractivity contribution in [2.75, 3.05) is 26.7 Å². The van der Waals surface area contributed by atoms with E-state index in [9.17, 15) is 8.42 Å². The zero-order valence-electron chi connectivity index (χ0n) is 13.1. The third-order valence-electron chi connectivity index (χ3n) is 3.32. The van der Waals surface area contributed by atoms with Crippen LogP contribution in [-0.4, -0.2) is 40.1 Å². The number of ether oxygens (including phenoxy) is 1. The average molecular weight is 358 g/mol. The van der Waals surface area contributed by atoms with Crippen molar-refractivity contribution < 1.29 is 13.2 Å². The van der Waals surface area contributed by atoms with Crippen LogP contribution in [-0.2, 0) is 10.0 Å². The molecular formula is C15H20ClN3O3S. The van der Waals surface area contributed by atoms with Crippen molar-refractivity contribution in [1.29, 1.82) is 0 Å². The van der Waals surface area contributed by atoms with Gasteiger partial charge in [-0.1, -0.05) is 18.5 Å². The summed E-state index contributed by atoms with van der Waals surface area (Å²) in [6.07, 6.45) is 2.47. The lowest BCUT2D eigenvalue weighted by Crippen LogP contribution is -2.32. The van der Waals surface area contributed by atoms with Crippen molar-refractivity contribution in [2.45, 2.75) is 18.2 Å². The second-order valence-corrected chi connectivity index (χ2v) is 7.00. The molecule has 0 unspecified atom stereocenters. The van der Waals surface area contributed by atoms with Crippen LogP contribution in [0.2, 0.25) is 5.15 Å². The van der Waals surface area contributed by atoms with E-state index in [1.807, 2.05) is 0 Å². The number of nitrogens with one attached hydrogen (secondary N) is 2. The molecule has 6 nitrogen and oxygen atoms in total. The molecule has 0 bridgehead atoms. The molecule has 0 fully saturated rings. The van der Waals surface area contributed by atoms with Gasteiger partial charge in [-0.2, -0.15) is 0 Å². The van der Waals surface area contributed by atoms with Gasteiger partial charge in [0.25, 0.3) is 0 Å². The maximum atomic E-state index is 12.7. The fourth-order valence-corrected chi connectivity index (χ4v) is 3.88. The van der Waals surface area contributed by atoms with Gasteiger partial charge in [-0.05, 0) is 31.2 Å². The molecule has 0 amide bonds. The number of benzene rings is 1. The largest absolute Gasteiger partial charge is 0.495 e. The van der Waals surface area contributed by atoms with Crippen LogP contribution in [0, 0.1) is 0 Å². The Morgan fingerprint density at radius 1 is 1.17 bits per heavy atom. The molecule has 2 N–H and O–H groups in total. The zero-order chi connectivity index (χ0) is 16.9. The van der Waals surface area contributed by atoms with Crippen molar-refractivity contribution in [3.63, 3.8) is 0 Å². The lowest BCUT2D eigenvalue weighted by Gasteiger charge is -2.14. The van der Waals surface area contributed by atoms with Crippen molar-refractivity contribution in [3.05, 3.63) is 29.5 Å². The Bertz CT molecular complexity index is 781. The van der Waals surface area contributed by atoms with Gasteiger partial charge in [-0.15, -0.1) is 0 Å². The fourth-order valence-electron chi connectivity index (χ4n) is 2.26. The predicted octanol–water partition coefficient (Wildman–Crippen LogP) is 2.17. The highest BCUT2D eigenvalue weighted by atomic mass is 35.5. The summed E-state index contributed by atoms with van der Waals surface area (Å²) in [5.41, 5.74) is 0. The van der Waals surface area contributed by atoms with Crippen molar-refractivity contribution in [2.24, 2.45) is 0 Å². The molecule has 2 rings (SSSR count). The molecule has 0 aliphatic rings. The van der Waals surface area contributed by atoms with Gasteiger partial charge in [-0.3, -0.25) is 0 Å². The van der Waals surface area contributed by atoms with Gasteiger partial charge in [0, 0.05) is 30.1 Å². The number of nitrogens with zero attached hydrogens (tertiary/aromatic N) is 1. The topological polar surface area (TPSA) is 80.3 Å². The summed E-state index contributed by atoms with van der Waals surface area (Å²) in [6.45, 7) is 3.75. The molecule has 0 aliphatic carbocycles. The molecule has 0 saturated heterocycles. The summed E-state index contributed by atoms with van der Waals surface area (Å²) in [5.74, 6) is 0.272. The minimum atomic E-state index is -3.73. The number of hydrogen-bond donors (Lipinski definition) is 2. The number of aromatic nitrogens is 1. The number of pyridine rings is 1. The van der Waals surface area contributed by atoms with Crippen LogP contribution in [0.3, 0.4) is 0 Å². The van der Waals surface area contributed by atoms with E-state index in [-0.39, 0.29) is 15.8 Å². The number of halogens is 1. The summed E-state index contributed by atoms with van der Waals surface area (Å²) >= 11 is 6.06. The Hall–Kier alpha value is -1.41. The first kappa shape index (κ1) is 17.9. The van der Waals surface area contributed by atoms with Crippen molar-refractivity contribution in [3.8, 4) is 5.75 Å². The van der Waals surface area contributed by atoms with E-state index >= 15 is 0 Å². The summed E-state index contributed by atoms with van der Waals surface area (Å²) < 4.78 is 33.2. The monoisotopic (exact) mass is 357 g/mol. The molecule has 2 aromatic rings. The van der Waals surface area contributed by atoms with Gasteiger partial charge in [-0.25, -0.2) is 18.1 Å². The quantitative estimate of drug-likeness (QED) is 0.559. The van der Waals surface area contributed by atoms with Gasteiger partial charge in [0.1, 0.15) is 15.8 Å². The molecule has 0 saturated carbocycles. The minimum Gasteiger partial charge on any atom is -0.495 e. The van der Waals surface area contributed by atoms with E-state index in [2.05, 4.69) is 21.9 Å². The lowest BCUT2D eigenvalue weighted by atomic mass is 10.2. The van der Waals surface area contributed by atoms with Gasteiger partial charge < -0.3 is 10.1 Å². The van der Waals surface area contributed by atoms with Crippen LogP contribution in [0.15, 0.2) is 29.3 Å². The molecule has 0 atom stereocenters. The smallest absolute Gasteiger partial charge is 0.244 e. The van der Waals surface area contributed by atoms with Crippen molar-refractivity contribution >= 4 is 32.4 Å². The Balaban J connectivity index is 2.38. The van der Waals surface area contributed by atoms with Gasteiger partial charge >= 0.3 is 0 Å². The number of methoxy groups -OCH3 is 1. The number of sulfonamides is 1. The lowest BCUT2D eigenvalue weighted by molar-refractivity contribution is 0.403. The highest BCUT2D eigenvalue weighted by Gasteiger charge is 2.23. The molecule has 126 valence electrons. The minimum absolute atomic E-state index is 0.0808. The standard InChI is InChI=1S/C15H20ClN3O3S/c1-3-7-17-9-10-19-23(20,21)14-11-6-8-18-15(16)12(11)4-5-13(14)22-2/h4-6,8,17,19H,3,7,9-10H2,1-2H3. The molecular weight excluding hydrogens is 338 g/mol. The number of fused-ring (bicyclic) bond motifs is 1. The van der Waals surface area contributed by atoms with Gasteiger partial charge in [0.2, 0.25) is 10.0 Å². The van der Waals surface area contributed by atoms with Crippen LogP contribution in [0.25, 0.3) is 10.8 Å². The number of rotatable bonds is 8. The SMILES string of the molecule is CCCNCCNS(=O)(=O)c1c(OC)ccc2c(Cl)nccc12. The molecule has 0 aliphatic heterocycles. The maximum absolute atomic E-state index is 12.7. The molecule has 0 spiro atoms. The number of hydrogen-bond acceptors (Lipinski definition) is 5. The van der Waals surface area contributed by atoms with Gasteiger partial charge in [0.05, 0.1) is 7.11 Å². The first-order valence-electron chi connectivity index (χ1n) is 7.33. The zero-order valence-corrected chi connectivity index (χ0v) is 14.7. The second kappa shape index (κ2) is 7.92. The average Bonchev–Trinajstić information content (AvgIpc) is 2.53. The van der Waals surface area contributed by atoms with E-state index in [4.69, 9.17) is 16.3 Å². The van der Waals surface area contributed by atoms with E-state index < -0.39 is 10.0 Å². The fraction of sp³-hybridized carbons (Fsp3) is 0.400. The first-order valence-corrected chi connectivity index (χ1v) is 9.19. The summed E-state index contributed by atoms with van der Waals surface area (Å²) in [7, 11) is -2.30. The van der Waals surface area contributed by atoms with Crippen molar-refractivity contribution in [1.82, 2.24) is 15.0 Å². The molecule has 1 aromatic carbocycles. The Kier molecular flexibility index (Phi) is 6.17. The van der Waals surface area contributed by atoms with E-state index in [1.54, 1.807) is 18.2 Å². The van der Waals surface area contributed by atoms with Crippen LogP contribution in [0.5, 0.6) is 5.75 Å². The summed E-state index contributed by atoms with van der Waals surface area (Å²) in [6, 6.07) is 4.90. The van der Waals surface area contributed by atoms with E-state index in [1.165, 1.54) is 13.3 Å². The molecule has 8 heteroatoms. The third-order valence-corrected chi connectivity index (χ3v) is 5.16.